The first-order chi connectivity index (χ1) is 20.7. The van der Waals surface area contributed by atoms with Crippen LogP contribution in [-0.4, -0.2) is 77.3 Å². The SMILES string of the molecule is CCC(=O)O[C@@H]1[C@@H](COP(=S)(N[C@@H](C)C(=O)OC(C)C)Oc2ccccc2)O[C@@H](N2C=CC(=O)CC2=O)[C@]1(C)OC(=O)CC. The van der Waals surface area contributed by atoms with Crippen molar-refractivity contribution in [2.24, 2.45) is 0 Å². The molecule has 1 aromatic rings. The van der Waals surface area contributed by atoms with Crippen molar-refractivity contribution in [3.8, 4) is 5.75 Å². The Morgan fingerprint density at radius 3 is 2.36 bits per heavy atom. The van der Waals surface area contributed by atoms with E-state index >= 15 is 0 Å². The van der Waals surface area contributed by atoms with Gasteiger partial charge in [0.15, 0.2) is 23.7 Å². The second-order valence-corrected chi connectivity index (χ2v) is 13.7. The van der Waals surface area contributed by atoms with Crippen LogP contribution in [0.3, 0.4) is 0 Å². The lowest BCUT2D eigenvalue weighted by molar-refractivity contribution is -0.192. The minimum Gasteiger partial charge on any atom is -0.462 e. The Balaban J connectivity index is 1.97. The molecule has 0 spiro atoms. The number of hydrogen-bond acceptors (Lipinski definition) is 12. The molecule has 2 heterocycles. The summed E-state index contributed by atoms with van der Waals surface area (Å²) in [6.45, 7) is 5.72. The molecule has 2 aliphatic heterocycles. The number of benzene rings is 1. The van der Waals surface area contributed by atoms with E-state index in [2.05, 4.69) is 5.09 Å². The molecule has 13 nitrogen and oxygen atoms in total. The van der Waals surface area contributed by atoms with Crippen molar-refractivity contribution in [1.82, 2.24) is 9.99 Å². The average Bonchev–Trinajstić information content (AvgIpc) is 3.22. The van der Waals surface area contributed by atoms with E-state index in [1.165, 1.54) is 19.2 Å². The third kappa shape index (κ3) is 8.95. The highest BCUT2D eigenvalue weighted by Gasteiger charge is 2.62. The number of carbonyl (C=O) groups excluding carboxylic acids is 5. The molecule has 1 fully saturated rings. The Labute approximate surface area is 261 Å². The molecule has 0 aliphatic carbocycles. The lowest BCUT2D eigenvalue weighted by atomic mass is 9.94. The summed E-state index contributed by atoms with van der Waals surface area (Å²) in [6, 6.07) is 7.65. The first-order valence-electron chi connectivity index (χ1n) is 14.3. The highest BCUT2D eigenvalue weighted by atomic mass is 32.5. The molecular weight excluding hydrogens is 615 g/mol. The summed E-state index contributed by atoms with van der Waals surface area (Å²) in [7, 11) is 0. The van der Waals surface area contributed by atoms with Crippen molar-refractivity contribution < 1.29 is 52.0 Å². The summed E-state index contributed by atoms with van der Waals surface area (Å²) in [5.74, 6) is -2.48. The largest absolute Gasteiger partial charge is 0.462 e. The van der Waals surface area contributed by atoms with E-state index in [9.17, 15) is 24.0 Å². The van der Waals surface area contributed by atoms with Crippen LogP contribution < -0.4 is 9.61 Å². The quantitative estimate of drug-likeness (QED) is 0.135. The van der Waals surface area contributed by atoms with Crippen molar-refractivity contribution in [3.63, 3.8) is 0 Å². The van der Waals surface area contributed by atoms with Gasteiger partial charge in [-0.3, -0.25) is 28.9 Å². The standard InChI is InChI=1S/C29H39N2O11PS/c1-7-24(34)40-26-22(39-28(29(26,6)41-25(35)8-2)31-15-14-20(32)16-23(31)33)17-37-43(44,42-21-12-10-9-11-13-21)30-19(5)27(36)38-18(3)4/h9-15,18-19,22,26,28H,7-8,16-17H2,1-6H3,(H,30,44)/t19-,22+,26+,28+,29+,43?/m0/s1. The molecule has 1 saturated heterocycles. The fourth-order valence-electron chi connectivity index (χ4n) is 4.45. The van der Waals surface area contributed by atoms with Gasteiger partial charge in [-0.05, 0) is 57.7 Å². The van der Waals surface area contributed by atoms with Crippen LogP contribution in [-0.2, 0) is 59.3 Å². The van der Waals surface area contributed by atoms with E-state index in [0.717, 1.165) is 4.90 Å². The van der Waals surface area contributed by atoms with Crippen LogP contribution in [0, 0.1) is 0 Å². The van der Waals surface area contributed by atoms with Gasteiger partial charge in [0, 0.05) is 19.0 Å². The zero-order valence-corrected chi connectivity index (χ0v) is 27.3. The summed E-state index contributed by atoms with van der Waals surface area (Å²) in [5.41, 5.74) is -1.71. The summed E-state index contributed by atoms with van der Waals surface area (Å²) in [5, 5.41) is 2.93. The second-order valence-electron chi connectivity index (χ2n) is 10.6. The number of nitrogens with one attached hydrogen (secondary N) is 1. The monoisotopic (exact) mass is 654 g/mol. The molecule has 3 rings (SSSR count). The van der Waals surface area contributed by atoms with Crippen molar-refractivity contribution in [1.29, 1.82) is 0 Å². The highest BCUT2D eigenvalue weighted by Crippen LogP contribution is 2.47. The van der Waals surface area contributed by atoms with Crippen LogP contribution in [0.25, 0.3) is 0 Å². The molecule has 1 N–H and O–H groups in total. The smallest absolute Gasteiger partial charge is 0.323 e. The molecule has 0 bridgehead atoms. The van der Waals surface area contributed by atoms with Crippen LogP contribution >= 0.6 is 6.64 Å². The third-order valence-electron chi connectivity index (χ3n) is 6.59. The number of nitrogens with zero attached hydrogens (tertiary/aromatic N) is 1. The first-order valence-corrected chi connectivity index (χ1v) is 16.9. The maximum atomic E-state index is 12.9. The van der Waals surface area contributed by atoms with Gasteiger partial charge in [-0.15, -0.1) is 0 Å². The lowest BCUT2D eigenvalue weighted by Crippen LogP contribution is -2.57. The van der Waals surface area contributed by atoms with Gasteiger partial charge >= 0.3 is 24.6 Å². The fourth-order valence-corrected chi connectivity index (χ4v) is 6.87. The van der Waals surface area contributed by atoms with Crippen LogP contribution in [0.5, 0.6) is 5.75 Å². The normalized spacial score (nSPS) is 25.3. The molecule has 242 valence electrons. The van der Waals surface area contributed by atoms with Crippen LogP contribution in [0.1, 0.15) is 60.8 Å². The van der Waals surface area contributed by atoms with Gasteiger partial charge in [0.25, 0.3) is 0 Å². The van der Waals surface area contributed by atoms with Gasteiger partial charge in [-0.25, -0.2) is 5.09 Å². The van der Waals surface area contributed by atoms with E-state index in [0.29, 0.717) is 5.75 Å². The molecule has 6 atom stereocenters. The number of ketones is 1. The third-order valence-corrected chi connectivity index (χ3v) is 9.09. The van der Waals surface area contributed by atoms with Crippen LogP contribution in [0.2, 0.25) is 0 Å². The van der Waals surface area contributed by atoms with E-state index in [1.807, 2.05) is 0 Å². The van der Waals surface area contributed by atoms with Crippen molar-refractivity contribution in [2.75, 3.05) is 6.61 Å². The molecule has 1 amide bonds. The summed E-state index contributed by atoms with van der Waals surface area (Å²) < 4.78 is 35.3. The summed E-state index contributed by atoms with van der Waals surface area (Å²) in [6.07, 6.45) is -2.06. The Hall–Kier alpha value is -3.16. The average molecular weight is 655 g/mol. The molecule has 0 radical (unpaired) electrons. The Morgan fingerprint density at radius 1 is 1.11 bits per heavy atom. The number of para-hydroxylation sites is 1. The predicted octanol–water partition coefficient (Wildman–Crippen LogP) is 3.31. The van der Waals surface area contributed by atoms with E-state index in [1.54, 1.807) is 65.0 Å². The van der Waals surface area contributed by atoms with Gasteiger partial charge in [-0.1, -0.05) is 32.0 Å². The van der Waals surface area contributed by atoms with Gasteiger partial charge in [-0.2, -0.15) is 0 Å². The van der Waals surface area contributed by atoms with Crippen molar-refractivity contribution in [3.05, 3.63) is 42.6 Å². The Kier molecular flexibility index (Phi) is 12.2. The van der Waals surface area contributed by atoms with Crippen molar-refractivity contribution in [2.45, 2.75) is 97.0 Å². The van der Waals surface area contributed by atoms with Crippen LogP contribution in [0.15, 0.2) is 42.6 Å². The zero-order valence-electron chi connectivity index (χ0n) is 25.6. The predicted molar refractivity (Wildman–Crippen MR) is 160 cm³/mol. The minimum atomic E-state index is -3.55. The Morgan fingerprint density at radius 2 is 1.77 bits per heavy atom. The summed E-state index contributed by atoms with van der Waals surface area (Å²) in [4.78, 5) is 63.8. The van der Waals surface area contributed by atoms with Crippen molar-refractivity contribution >= 4 is 48.0 Å². The highest BCUT2D eigenvalue weighted by molar-refractivity contribution is 8.09. The molecule has 0 saturated carbocycles. The number of esters is 3. The van der Waals surface area contributed by atoms with Gasteiger partial charge < -0.3 is 28.0 Å². The maximum absolute atomic E-state index is 12.9. The zero-order chi connectivity index (χ0) is 32.7. The molecule has 2 aliphatic rings. The molecule has 15 heteroatoms. The lowest BCUT2D eigenvalue weighted by Gasteiger charge is -2.38. The number of hydrogen-bond donors (Lipinski definition) is 1. The van der Waals surface area contributed by atoms with Crippen LogP contribution in [0.4, 0.5) is 0 Å². The second kappa shape index (κ2) is 15.2. The number of carbonyl (C=O) groups is 5. The maximum Gasteiger partial charge on any atom is 0.323 e. The number of rotatable bonds is 14. The number of ether oxygens (including phenoxy) is 4. The van der Waals surface area contributed by atoms with Gasteiger partial charge in [0.05, 0.1) is 19.1 Å². The Bertz CT molecular complexity index is 1310. The summed E-state index contributed by atoms with van der Waals surface area (Å²) >= 11 is 5.79. The minimum absolute atomic E-state index is 0.00424. The molecule has 1 unspecified atom stereocenters. The fraction of sp³-hybridized carbons (Fsp3) is 0.552. The molecule has 44 heavy (non-hydrogen) atoms. The van der Waals surface area contributed by atoms with E-state index in [4.69, 9.17) is 39.8 Å². The molecule has 1 aromatic carbocycles. The van der Waals surface area contributed by atoms with Gasteiger partial charge in [0.2, 0.25) is 5.91 Å². The molecule has 0 aromatic heterocycles. The first kappa shape index (κ1) is 35.3. The number of allylic oxidation sites excluding steroid dienone is 1. The topological polar surface area (TPSA) is 156 Å². The van der Waals surface area contributed by atoms with E-state index < -0.39 is 72.7 Å². The molecular formula is C29H39N2O11PS. The van der Waals surface area contributed by atoms with E-state index in [-0.39, 0.29) is 25.6 Å². The number of amides is 1. The van der Waals surface area contributed by atoms with Gasteiger partial charge in [0.1, 0.15) is 17.9 Å².